The summed E-state index contributed by atoms with van der Waals surface area (Å²) in [5, 5.41) is 3.37. The first-order chi connectivity index (χ1) is 18.1. The van der Waals surface area contributed by atoms with Crippen molar-refractivity contribution >= 4 is 50.8 Å². The van der Waals surface area contributed by atoms with Gasteiger partial charge >= 0.3 is 6.03 Å². The van der Waals surface area contributed by atoms with E-state index in [9.17, 15) is 4.79 Å². The smallest absolute Gasteiger partial charge is 0.319 e. The number of piperazine rings is 1. The van der Waals surface area contributed by atoms with Crippen molar-refractivity contribution in [2.45, 2.75) is 19.9 Å². The van der Waals surface area contributed by atoms with Crippen molar-refractivity contribution in [3.63, 3.8) is 0 Å². The molecule has 1 aromatic carbocycles. The van der Waals surface area contributed by atoms with E-state index in [-0.39, 0.29) is 23.7 Å². The average Bonchev–Trinajstić information content (AvgIpc) is 3.35. The van der Waals surface area contributed by atoms with Crippen LogP contribution in [0.25, 0.3) is 10.2 Å². The first kappa shape index (κ1) is 27.0. The van der Waals surface area contributed by atoms with E-state index in [0.29, 0.717) is 30.3 Å². The lowest BCUT2D eigenvalue weighted by Crippen LogP contribution is -2.51. The highest BCUT2D eigenvalue weighted by Gasteiger charge is 2.26. The number of urea groups is 1. The number of hydrogen-bond donors (Lipinski definition) is 3. The highest BCUT2D eigenvalue weighted by Crippen LogP contribution is 2.28. The molecule has 0 radical (unpaired) electrons. The minimum absolute atomic E-state index is 0.0358. The number of fused-ring (bicyclic) bond motifs is 1. The summed E-state index contributed by atoms with van der Waals surface area (Å²) in [7, 11) is 3.55. The Morgan fingerprint density at radius 2 is 1.89 bits per heavy atom. The van der Waals surface area contributed by atoms with Crippen LogP contribution in [-0.2, 0) is 0 Å². The maximum absolute atomic E-state index is 12.3. The van der Waals surface area contributed by atoms with Crippen LogP contribution in [0, 0.1) is 0 Å². The molecule has 1 atom stereocenters. The number of nitrogens with one attached hydrogen (secondary N) is 1. The fraction of sp³-hybridized carbons (Fsp3) is 0.346. The molecule has 3 heterocycles. The maximum Gasteiger partial charge on any atom is 0.319 e. The van der Waals surface area contributed by atoms with Gasteiger partial charge in [0, 0.05) is 58.2 Å². The summed E-state index contributed by atoms with van der Waals surface area (Å²) < 4.78 is 1.11. The van der Waals surface area contributed by atoms with E-state index in [1.165, 1.54) is 0 Å². The quantitative estimate of drug-likeness (QED) is 0.325. The molecular formula is C26H34N10OS. The van der Waals surface area contributed by atoms with Crippen molar-refractivity contribution in [2.75, 3.05) is 45.6 Å². The van der Waals surface area contributed by atoms with Gasteiger partial charge in [0.2, 0.25) is 0 Å². The van der Waals surface area contributed by atoms with Crippen molar-refractivity contribution in [1.29, 1.82) is 0 Å². The molecule has 2 amide bonds. The SMILES string of the molecule is C=C(N)N=C(C)N=C(N)c1cc(C(C)N2CCN(C(=O)N(C)C)CC2)cnc1Nc1ccc2scnc2c1. The zero-order chi connectivity index (χ0) is 27.4. The number of anilines is 2. The number of nitrogens with zero attached hydrogens (tertiary/aromatic N) is 7. The first-order valence-electron chi connectivity index (χ1n) is 12.3. The second-order valence-electron chi connectivity index (χ2n) is 9.35. The van der Waals surface area contributed by atoms with E-state index < -0.39 is 0 Å². The number of benzene rings is 1. The van der Waals surface area contributed by atoms with E-state index in [4.69, 9.17) is 16.5 Å². The van der Waals surface area contributed by atoms with Crippen LogP contribution in [0.5, 0.6) is 0 Å². The van der Waals surface area contributed by atoms with Gasteiger partial charge in [-0.2, -0.15) is 0 Å². The number of rotatable bonds is 6. The fourth-order valence-corrected chi connectivity index (χ4v) is 5.00. The Labute approximate surface area is 226 Å². The van der Waals surface area contributed by atoms with E-state index in [0.717, 1.165) is 34.6 Å². The molecule has 2 aromatic heterocycles. The number of carbonyl (C=O) groups excluding carboxylic acids is 1. The van der Waals surface area contributed by atoms with E-state index in [1.54, 1.807) is 37.3 Å². The van der Waals surface area contributed by atoms with Gasteiger partial charge in [-0.15, -0.1) is 11.3 Å². The molecule has 38 heavy (non-hydrogen) atoms. The Bertz CT molecular complexity index is 1390. The van der Waals surface area contributed by atoms with Gasteiger partial charge in [0.15, 0.2) is 0 Å². The molecule has 0 aliphatic carbocycles. The molecule has 1 unspecified atom stereocenters. The molecule has 1 aliphatic heterocycles. The number of thiazole rings is 1. The summed E-state index contributed by atoms with van der Waals surface area (Å²) in [6.45, 7) is 10.3. The second-order valence-corrected chi connectivity index (χ2v) is 10.2. The van der Waals surface area contributed by atoms with Gasteiger partial charge < -0.3 is 26.6 Å². The summed E-state index contributed by atoms with van der Waals surface area (Å²) >= 11 is 1.59. The van der Waals surface area contributed by atoms with Crippen molar-refractivity contribution in [3.05, 3.63) is 59.5 Å². The largest absolute Gasteiger partial charge is 0.384 e. The lowest BCUT2D eigenvalue weighted by molar-refractivity contribution is 0.102. The predicted octanol–water partition coefficient (Wildman–Crippen LogP) is 3.35. The second kappa shape index (κ2) is 11.6. The molecule has 1 aliphatic rings. The third kappa shape index (κ3) is 6.26. The average molecular weight is 535 g/mol. The monoisotopic (exact) mass is 534 g/mol. The molecule has 3 aromatic rings. The molecule has 5 N–H and O–H groups in total. The number of aliphatic imine (C=N–C) groups is 2. The van der Waals surface area contributed by atoms with Gasteiger partial charge in [0.05, 0.1) is 21.3 Å². The third-order valence-electron chi connectivity index (χ3n) is 6.36. The summed E-state index contributed by atoms with van der Waals surface area (Å²) in [5.41, 5.74) is 17.3. The normalized spacial score (nSPS) is 15.9. The van der Waals surface area contributed by atoms with E-state index in [2.05, 4.69) is 38.7 Å². The molecule has 1 fully saturated rings. The Kier molecular flexibility index (Phi) is 8.23. The van der Waals surface area contributed by atoms with Crippen LogP contribution in [0.3, 0.4) is 0 Å². The summed E-state index contributed by atoms with van der Waals surface area (Å²) in [4.78, 5) is 35.8. The van der Waals surface area contributed by atoms with Gasteiger partial charge in [-0.3, -0.25) is 4.90 Å². The van der Waals surface area contributed by atoms with Gasteiger partial charge in [-0.1, -0.05) is 6.58 Å². The van der Waals surface area contributed by atoms with Crippen LogP contribution in [0.1, 0.15) is 31.0 Å². The molecule has 0 bridgehead atoms. The molecule has 200 valence electrons. The van der Waals surface area contributed by atoms with Gasteiger partial charge in [-0.25, -0.2) is 24.7 Å². The fourth-order valence-electron chi connectivity index (χ4n) is 4.34. The van der Waals surface area contributed by atoms with E-state index in [1.807, 2.05) is 40.9 Å². The van der Waals surface area contributed by atoms with Crippen LogP contribution < -0.4 is 16.8 Å². The number of amidine groups is 2. The maximum atomic E-state index is 12.3. The molecule has 4 rings (SSSR count). The number of amides is 2. The molecule has 1 saturated heterocycles. The Hall–Kier alpha value is -4.03. The predicted molar refractivity (Wildman–Crippen MR) is 155 cm³/mol. The topological polar surface area (TPSA) is 141 Å². The summed E-state index contributed by atoms with van der Waals surface area (Å²) in [6, 6.07) is 8.07. The first-order valence-corrected chi connectivity index (χ1v) is 13.1. The van der Waals surface area contributed by atoms with Crippen LogP contribution in [0.15, 0.2) is 58.4 Å². The number of pyridine rings is 1. The van der Waals surface area contributed by atoms with Crippen molar-refractivity contribution in [3.8, 4) is 0 Å². The summed E-state index contributed by atoms with van der Waals surface area (Å²) in [6.07, 6.45) is 1.85. The number of carbonyl (C=O) groups is 1. The van der Waals surface area contributed by atoms with Crippen LogP contribution in [-0.4, -0.2) is 82.6 Å². The highest BCUT2D eigenvalue weighted by molar-refractivity contribution is 7.16. The molecule has 0 spiro atoms. The van der Waals surface area contributed by atoms with Gasteiger partial charge in [0.1, 0.15) is 23.3 Å². The molecule has 11 nitrogen and oxygen atoms in total. The molecular weight excluding hydrogens is 500 g/mol. The van der Waals surface area contributed by atoms with Crippen molar-refractivity contribution in [2.24, 2.45) is 21.5 Å². The lowest BCUT2D eigenvalue weighted by Gasteiger charge is -2.39. The van der Waals surface area contributed by atoms with Crippen molar-refractivity contribution < 1.29 is 4.79 Å². The zero-order valence-corrected chi connectivity index (χ0v) is 23.0. The van der Waals surface area contributed by atoms with Crippen molar-refractivity contribution in [1.82, 2.24) is 24.7 Å². The number of hydrogen-bond acceptors (Lipinski definition) is 8. The molecule has 12 heteroatoms. The third-order valence-corrected chi connectivity index (χ3v) is 7.17. The number of aromatic nitrogens is 2. The molecule has 0 saturated carbocycles. The Balaban J connectivity index is 1.62. The zero-order valence-electron chi connectivity index (χ0n) is 22.2. The Morgan fingerprint density at radius 3 is 2.58 bits per heavy atom. The van der Waals surface area contributed by atoms with Crippen LogP contribution in [0.4, 0.5) is 16.3 Å². The minimum Gasteiger partial charge on any atom is -0.384 e. The number of nitrogens with two attached hydrogens (primary N) is 2. The standard InChI is InChI=1S/C26H34N10OS/c1-16(35-8-10-36(11-9-35)26(37)34(4)5)19-12-21(24(28)32-18(3)31-17(2)27)25(29-14-19)33-20-6-7-23-22(13-20)30-15-38-23/h6-7,12-16H,2,8-11,27H2,1,3-5H3,(H,29,33)(H2,28,31,32). The Morgan fingerprint density at radius 1 is 1.16 bits per heavy atom. The van der Waals surface area contributed by atoms with Crippen LogP contribution >= 0.6 is 11.3 Å². The highest BCUT2D eigenvalue weighted by atomic mass is 32.1. The van der Waals surface area contributed by atoms with Gasteiger partial charge in [0.25, 0.3) is 0 Å². The van der Waals surface area contributed by atoms with Gasteiger partial charge in [-0.05, 0) is 43.7 Å². The minimum atomic E-state index is 0.0358. The van der Waals surface area contributed by atoms with Crippen LogP contribution in [0.2, 0.25) is 0 Å². The summed E-state index contributed by atoms with van der Waals surface area (Å²) in [5.74, 6) is 1.37. The lowest BCUT2D eigenvalue weighted by atomic mass is 10.0. The van der Waals surface area contributed by atoms with E-state index >= 15 is 0 Å².